The molecule has 1 fully saturated rings. The number of benzene rings is 3. The van der Waals surface area contributed by atoms with Crippen LogP contribution in [0.5, 0.6) is 0 Å². The van der Waals surface area contributed by atoms with Gasteiger partial charge >= 0.3 is 0 Å². The van der Waals surface area contributed by atoms with Crippen molar-refractivity contribution < 1.29 is 23.7 Å². The van der Waals surface area contributed by atoms with Crippen molar-refractivity contribution >= 4 is 40.7 Å². The Morgan fingerprint density at radius 1 is 0.882 bits per heavy atom. The SMILES string of the molecule is Cc1cc(Cl)ccc1N1C(=O)[C@H](N2C(=O)c3ccc([N+](=O)[O-])cc3C2=O)[C@@H]1c1ccc(F)cc1. The highest BCUT2D eigenvalue weighted by Crippen LogP contribution is 2.45. The van der Waals surface area contributed by atoms with Crippen molar-refractivity contribution in [3.63, 3.8) is 0 Å². The van der Waals surface area contributed by atoms with Gasteiger partial charge in [0.25, 0.3) is 23.4 Å². The number of non-ortho nitro benzene ring substituents is 1. The first-order valence-corrected chi connectivity index (χ1v) is 10.6. The van der Waals surface area contributed by atoms with Gasteiger partial charge < -0.3 is 4.90 Å². The number of aryl methyl sites for hydroxylation is 1. The van der Waals surface area contributed by atoms with Gasteiger partial charge in [-0.1, -0.05) is 23.7 Å². The quantitative estimate of drug-likeness (QED) is 0.238. The van der Waals surface area contributed by atoms with Crippen LogP contribution >= 0.6 is 11.6 Å². The topological polar surface area (TPSA) is 101 Å². The van der Waals surface area contributed by atoms with Crippen molar-refractivity contribution in [2.45, 2.75) is 19.0 Å². The summed E-state index contributed by atoms with van der Waals surface area (Å²) in [4.78, 5) is 52.5. The fraction of sp³-hybridized carbons (Fsp3) is 0.125. The number of imide groups is 1. The lowest BCUT2D eigenvalue weighted by Crippen LogP contribution is -2.67. The summed E-state index contributed by atoms with van der Waals surface area (Å²) in [6, 6.07) is 11.8. The van der Waals surface area contributed by atoms with Crippen molar-refractivity contribution in [1.82, 2.24) is 4.90 Å². The molecule has 0 bridgehead atoms. The van der Waals surface area contributed by atoms with Crippen LogP contribution in [-0.2, 0) is 4.79 Å². The van der Waals surface area contributed by atoms with Gasteiger partial charge in [-0.3, -0.25) is 29.4 Å². The van der Waals surface area contributed by atoms with Crippen LogP contribution in [0.1, 0.15) is 37.9 Å². The number of carbonyl (C=O) groups is 3. The third-order valence-corrected chi connectivity index (χ3v) is 6.32. The fourth-order valence-electron chi connectivity index (χ4n) is 4.49. The van der Waals surface area contributed by atoms with Crippen LogP contribution < -0.4 is 4.90 Å². The minimum absolute atomic E-state index is 0.0117. The maximum Gasteiger partial charge on any atom is 0.270 e. The highest BCUT2D eigenvalue weighted by molar-refractivity contribution is 6.31. The van der Waals surface area contributed by atoms with Crippen LogP contribution in [0.2, 0.25) is 5.02 Å². The Morgan fingerprint density at radius 3 is 2.21 bits per heavy atom. The molecule has 10 heteroatoms. The van der Waals surface area contributed by atoms with Gasteiger partial charge in [-0.15, -0.1) is 0 Å². The van der Waals surface area contributed by atoms with Gasteiger partial charge in [-0.25, -0.2) is 4.39 Å². The van der Waals surface area contributed by atoms with E-state index in [-0.39, 0.29) is 16.8 Å². The second-order valence-corrected chi connectivity index (χ2v) is 8.48. The van der Waals surface area contributed by atoms with E-state index in [9.17, 15) is 28.9 Å². The lowest BCUT2D eigenvalue weighted by Gasteiger charge is -2.50. The van der Waals surface area contributed by atoms with Crippen LogP contribution in [0.15, 0.2) is 60.7 Å². The third-order valence-electron chi connectivity index (χ3n) is 6.09. The highest BCUT2D eigenvalue weighted by Gasteiger charge is 2.57. The van der Waals surface area contributed by atoms with Crippen LogP contribution in [0.25, 0.3) is 0 Å². The van der Waals surface area contributed by atoms with Gasteiger partial charge in [0.05, 0.1) is 22.1 Å². The van der Waals surface area contributed by atoms with Gasteiger partial charge in [0, 0.05) is 22.8 Å². The molecule has 0 spiro atoms. The predicted octanol–water partition coefficient (Wildman–Crippen LogP) is 4.45. The first-order valence-electron chi connectivity index (χ1n) is 10.2. The lowest BCUT2D eigenvalue weighted by atomic mass is 9.85. The number of β-lactam (4-membered cyclic amide) rings is 1. The van der Waals surface area contributed by atoms with Crippen LogP contribution in [-0.4, -0.2) is 33.6 Å². The Labute approximate surface area is 197 Å². The molecule has 0 saturated carbocycles. The molecule has 5 rings (SSSR count). The molecule has 2 aliphatic rings. The number of anilines is 1. The minimum atomic E-state index is -1.20. The van der Waals surface area contributed by atoms with Crippen LogP contribution in [0, 0.1) is 22.9 Å². The van der Waals surface area contributed by atoms with Crippen molar-refractivity contribution in [1.29, 1.82) is 0 Å². The molecule has 3 aromatic rings. The molecule has 8 nitrogen and oxygen atoms in total. The molecule has 0 aliphatic carbocycles. The summed E-state index contributed by atoms with van der Waals surface area (Å²) in [5.74, 6) is -2.49. The number of hydrogen-bond acceptors (Lipinski definition) is 5. The first kappa shape index (κ1) is 21.7. The van der Waals surface area contributed by atoms with Gasteiger partial charge in [-0.05, 0) is 54.4 Å². The maximum atomic E-state index is 13.6. The monoisotopic (exact) mass is 479 g/mol. The summed E-state index contributed by atoms with van der Waals surface area (Å²) in [5.41, 5.74) is 1.27. The normalized spacial score (nSPS) is 19.3. The van der Waals surface area contributed by atoms with E-state index in [1.807, 2.05) is 0 Å². The summed E-state index contributed by atoms with van der Waals surface area (Å²) < 4.78 is 13.6. The zero-order valence-corrected chi connectivity index (χ0v) is 18.3. The Kier molecular flexibility index (Phi) is 4.94. The summed E-state index contributed by atoms with van der Waals surface area (Å²) in [7, 11) is 0. The van der Waals surface area contributed by atoms with Crippen LogP contribution in [0.3, 0.4) is 0 Å². The number of nitro groups is 1. The number of halogens is 2. The van der Waals surface area contributed by atoms with Gasteiger partial charge in [0.15, 0.2) is 0 Å². The molecular weight excluding hydrogens is 465 g/mol. The smallest absolute Gasteiger partial charge is 0.270 e. The Bertz CT molecular complexity index is 1410. The first-order chi connectivity index (χ1) is 16.2. The van der Waals surface area contributed by atoms with E-state index in [1.165, 1.54) is 35.2 Å². The maximum absolute atomic E-state index is 13.6. The molecule has 2 heterocycles. The number of nitrogens with zero attached hydrogens (tertiary/aromatic N) is 3. The number of fused-ring (bicyclic) bond motifs is 1. The van der Waals surface area contributed by atoms with E-state index in [1.54, 1.807) is 25.1 Å². The van der Waals surface area contributed by atoms with Crippen molar-refractivity contribution in [2.24, 2.45) is 0 Å². The molecule has 0 unspecified atom stereocenters. The third kappa shape index (κ3) is 3.16. The predicted molar refractivity (Wildman–Crippen MR) is 120 cm³/mol. The van der Waals surface area contributed by atoms with Gasteiger partial charge in [0.2, 0.25) is 0 Å². The Morgan fingerprint density at radius 2 is 1.56 bits per heavy atom. The Balaban J connectivity index is 1.59. The van der Waals surface area contributed by atoms with E-state index >= 15 is 0 Å². The number of nitro benzene ring substituents is 1. The molecule has 3 amide bonds. The Hall–Kier alpha value is -4.11. The molecular formula is C24H15ClFN3O5. The van der Waals surface area contributed by atoms with Gasteiger partial charge in [0.1, 0.15) is 11.9 Å². The van der Waals surface area contributed by atoms with Crippen LogP contribution in [0.4, 0.5) is 15.8 Å². The fourth-order valence-corrected chi connectivity index (χ4v) is 4.71. The van der Waals surface area contributed by atoms with E-state index in [4.69, 9.17) is 11.6 Å². The van der Waals surface area contributed by atoms with E-state index in [2.05, 4.69) is 0 Å². The zero-order chi connectivity index (χ0) is 24.3. The van der Waals surface area contributed by atoms with E-state index in [0.717, 1.165) is 17.0 Å². The minimum Gasteiger partial charge on any atom is -0.300 e. The average molecular weight is 480 g/mol. The summed E-state index contributed by atoms with van der Waals surface area (Å²) in [6.45, 7) is 1.77. The van der Waals surface area contributed by atoms with Crippen molar-refractivity contribution in [3.05, 3.63) is 104 Å². The number of rotatable bonds is 4. The second kappa shape index (κ2) is 7.74. The number of hydrogen-bond donors (Lipinski definition) is 0. The zero-order valence-electron chi connectivity index (χ0n) is 17.6. The number of amides is 3. The summed E-state index contributed by atoms with van der Waals surface area (Å²) in [6.07, 6.45) is 0. The van der Waals surface area contributed by atoms with E-state index < -0.39 is 40.5 Å². The molecule has 0 aromatic heterocycles. The largest absolute Gasteiger partial charge is 0.300 e. The highest BCUT2D eigenvalue weighted by atomic mass is 35.5. The number of carbonyl (C=O) groups excluding carboxylic acids is 3. The van der Waals surface area contributed by atoms with Crippen molar-refractivity contribution in [3.8, 4) is 0 Å². The van der Waals surface area contributed by atoms with Crippen molar-refractivity contribution in [2.75, 3.05) is 4.90 Å². The molecule has 34 heavy (non-hydrogen) atoms. The second-order valence-electron chi connectivity index (χ2n) is 8.05. The molecule has 0 radical (unpaired) electrons. The molecule has 170 valence electrons. The molecule has 1 saturated heterocycles. The van der Waals surface area contributed by atoms with Gasteiger partial charge in [-0.2, -0.15) is 0 Å². The lowest BCUT2D eigenvalue weighted by molar-refractivity contribution is -0.384. The molecule has 0 N–H and O–H groups in total. The molecule has 2 atom stereocenters. The summed E-state index contributed by atoms with van der Waals surface area (Å²) in [5, 5.41) is 11.6. The van der Waals surface area contributed by atoms with E-state index in [0.29, 0.717) is 21.8 Å². The molecule has 3 aromatic carbocycles. The average Bonchev–Trinajstić information content (AvgIpc) is 3.04. The molecule has 2 aliphatic heterocycles. The summed E-state index contributed by atoms with van der Waals surface area (Å²) >= 11 is 6.06. The standard InChI is InChI=1S/C24H15ClFN3O5/c1-12-10-14(25)4-9-19(12)27-20(13-2-5-15(26)6-3-13)21(24(27)32)28-22(30)17-8-7-16(29(33)34)11-18(17)23(28)31/h2-11,20-21H,1H3/t20-,21+/m0/s1.